The molecule has 0 atom stereocenters. The van der Waals surface area contributed by atoms with E-state index in [1.807, 2.05) is 15.9 Å². The van der Waals surface area contributed by atoms with Crippen LogP contribution in [0.15, 0.2) is 48.5 Å². The van der Waals surface area contributed by atoms with Gasteiger partial charge in [0.05, 0.1) is 0 Å². The van der Waals surface area contributed by atoms with Gasteiger partial charge >= 0.3 is 0 Å². The summed E-state index contributed by atoms with van der Waals surface area (Å²) in [6, 6.07) is 14.8. The highest BCUT2D eigenvalue weighted by atomic mass is 16.2. The summed E-state index contributed by atoms with van der Waals surface area (Å²) in [7, 11) is 0. The van der Waals surface area contributed by atoms with Gasteiger partial charge in [-0.05, 0) is 43.2 Å². The Labute approximate surface area is 171 Å². The molecule has 0 N–H and O–H groups in total. The lowest BCUT2D eigenvalue weighted by atomic mass is 10.1. The Kier molecular flexibility index (Phi) is 5.38. The number of para-hydroxylation sites is 1. The molecule has 1 aliphatic heterocycles. The largest absolute Gasteiger partial charge is 0.341 e. The van der Waals surface area contributed by atoms with E-state index < -0.39 is 0 Å². The van der Waals surface area contributed by atoms with E-state index in [-0.39, 0.29) is 11.8 Å². The van der Waals surface area contributed by atoms with E-state index in [4.69, 9.17) is 0 Å². The maximum atomic E-state index is 12.7. The summed E-state index contributed by atoms with van der Waals surface area (Å²) in [5.74, 6) is 0.0841. The van der Waals surface area contributed by atoms with Crippen LogP contribution in [0, 0.1) is 0 Å². The van der Waals surface area contributed by atoms with Gasteiger partial charge in [0.25, 0.3) is 0 Å². The Morgan fingerprint density at radius 3 is 2.45 bits per heavy atom. The van der Waals surface area contributed by atoms with E-state index in [1.54, 1.807) is 13.0 Å². The van der Waals surface area contributed by atoms with Crippen LogP contribution in [0.3, 0.4) is 0 Å². The van der Waals surface area contributed by atoms with Crippen LogP contribution in [0.1, 0.15) is 25.8 Å². The minimum atomic E-state index is 0.00600. The van der Waals surface area contributed by atoms with E-state index in [1.165, 1.54) is 21.8 Å². The Bertz CT molecular complexity index is 1100. The average molecular weight is 389 g/mol. The lowest BCUT2D eigenvalue weighted by Gasteiger charge is -2.20. The molecule has 1 saturated heterocycles. The minimum absolute atomic E-state index is 0.00600. The lowest BCUT2D eigenvalue weighted by molar-refractivity contribution is -0.130. The number of nitrogens with zero attached hydrogens (tertiary/aromatic N) is 3. The second-order valence-electron chi connectivity index (χ2n) is 7.56. The van der Waals surface area contributed by atoms with Crippen LogP contribution >= 0.6 is 0 Å². The summed E-state index contributed by atoms with van der Waals surface area (Å²) >= 11 is 0. The molecule has 3 aromatic rings. The number of fused-ring (bicyclic) bond motifs is 3. The molecule has 1 aliphatic rings. The number of carbonyl (C=O) groups is 2. The normalized spacial score (nSPS) is 15.4. The predicted molar refractivity (Wildman–Crippen MR) is 118 cm³/mol. The van der Waals surface area contributed by atoms with E-state index in [0.29, 0.717) is 19.6 Å². The van der Waals surface area contributed by atoms with Gasteiger partial charge in [0.2, 0.25) is 11.8 Å². The number of carbonyl (C=O) groups excluding carboxylic acids is 2. The zero-order chi connectivity index (χ0) is 20.4. The van der Waals surface area contributed by atoms with Crippen LogP contribution < -0.4 is 0 Å². The molecule has 5 nitrogen and oxygen atoms in total. The van der Waals surface area contributed by atoms with Crippen LogP contribution in [0.4, 0.5) is 0 Å². The summed E-state index contributed by atoms with van der Waals surface area (Å²) in [6.45, 7) is 7.28. The molecule has 150 valence electrons. The molecule has 0 bridgehead atoms. The lowest BCUT2D eigenvalue weighted by Crippen LogP contribution is -2.35. The Morgan fingerprint density at radius 2 is 1.66 bits per heavy atom. The minimum Gasteiger partial charge on any atom is -0.341 e. The van der Waals surface area contributed by atoms with Crippen LogP contribution in [-0.4, -0.2) is 52.4 Å². The van der Waals surface area contributed by atoms with Crippen molar-refractivity contribution in [2.45, 2.75) is 26.8 Å². The second-order valence-corrected chi connectivity index (χ2v) is 7.56. The quantitative estimate of drug-likeness (QED) is 0.638. The molecule has 29 heavy (non-hydrogen) atoms. The average Bonchev–Trinajstić information content (AvgIpc) is 2.87. The Balaban J connectivity index is 1.56. The zero-order valence-electron chi connectivity index (χ0n) is 17.1. The SMILES string of the molecule is CCn1c2ccccc2c2cc(/C=C/C(=O)N3CCCN(C(C)=O)CC3)ccc21. The molecule has 5 heteroatoms. The van der Waals surface area contributed by atoms with Gasteiger partial charge in [0, 0.05) is 67.5 Å². The van der Waals surface area contributed by atoms with Crippen molar-refractivity contribution >= 4 is 39.7 Å². The third kappa shape index (κ3) is 3.77. The predicted octanol–water partition coefficient (Wildman–Crippen LogP) is 3.91. The summed E-state index contributed by atoms with van der Waals surface area (Å²) in [5, 5.41) is 2.45. The van der Waals surface area contributed by atoms with Crippen molar-refractivity contribution in [1.29, 1.82) is 0 Å². The molecule has 4 rings (SSSR count). The summed E-state index contributed by atoms with van der Waals surface area (Å²) in [5.41, 5.74) is 3.47. The van der Waals surface area contributed by atoms with Crippen molar-refractivity contribution in [1.82, 2.24) is 14.4 Å². The second kappa shape index (κ2) is 8.11. The van der Waals surface area contributed by atoms with Gasteiger partial charge in [-0.15, -0.1) is 0 Å². The number of aryl methyl sites for hydroxylation is 1. The Hall–Kier alpha value is -3.08. The molecule has 1 fully saturated rings. The number of aromatic nitrogens is 1. The van der Waals surface area contributed by atoms with Crippen molar-refractivity contribution < 1.29 is 9.59 Å². The van der Waals surface area contributed by atoms with Gasteiger partial charge in [-0.2, -0.15) is 0 Å². The van der Waals surface area contributed by atoms with Crippen molar-refractivity contribution in [3.8, 4) is 0 Å². The third-order valence-electron chi connectivity index (χ3n) is 5.78. The van der Waals surface area contributed by atoms with Crippen LogP contribution in [0.5, 0.6) is 0 Å². The van der Waals surface area contributed by atoms with E-state index in [9.17, 15) is 9.59 Å². The molecule has 0 spiro atoms. The molecule has 1 aromatic heterocycles. The number of hydrogen-bond acceptors (Lipinski definition) is 2. The molecular formula is C24H27N3O2. The number of benzene rings is 2. The molecule has 2 heterocycles. The molecule has 0 saturated carbocycles. The van der Waals surface area contributed by atoms with Crippen molar-refractivity contribution in [2.75, 3.05) is 26.2 Å². The fourth-order valence-corrected chi connectivity index (χ4v) is 4.24. The number of hydrogen-bond donors (Lipinski definition) is 0. The van der Waals surface area contributed by atoms with E-state index in [2.05, 4.69) is 54.0 Å². The highest BCUT2D eigenvalue weighted by Gasteiger charge is 2.18. The fourth-order valence-electron chi connectivity index (χ4n) is 4.24. The molecular weight excluding hydrogens is 362 g/mol. The molecule has 0 radical (unpaired) electrons. The summed E-state index contributed by atoms with van der Waals surface area (Å²) < 4.78 is 2.32. The van der Waals surface area contributed by atoms with Gasteiger partial charge in [0.1, 0.15) is 0 Å². The maximum Gasteiger partial charge on any atom is 0.246 e. The van der Waals surface area contributed by atoms with Gasteiger partial charge in [0.15, 0.2) is 0 Å². The first-order valence-corrected chi connectivity index (χ1v) is 10.3. The summed E-state index contributed by atoms with van der Waals surface area (Å²) in [6.07, 6.45) is 4.37. The Morgan fingerprint density at radius 1 is 0.931 bits per heavy atom. The maximum absolute atomic E-state index is 12.7. The number of amides is 2. The fraction of sp³-hybridized carbons (Fsp3) is 0.333. The third-order valence-corrected chi connectivity index (χ3v) is 5.78. The van der Waals surface area contributed by atoms with Gasteiger partial charge in [-0.25, -0.2) is 0 Å². The van der Waals surface area contributed by atoms with Gasteiger partial charge in [-0.3, -0.25) is 9.59 Å². The van der Waals surface area contributed by atoms with Crippen molar-refractivity contribution in [3.63, 3.8) is 0 Å². The molecule has 2 amide bonds. The van der Waals surface area contributed by atoms with Crippen molar-refractivity contribution in [2.24, 2.45) is 0 Å². The number of rotatable bonds is 3. The molecule has 0 aliphatic carbocycles. The van der Waals surface area contributed by atoms with E-state index >= 15 is 0 Å². The van der Waals surface area contributed by atoms with E-state index in [0.717, 1.165) is 25.1 Å². The highest BCUT2D eigenvalue weighted by Crippen LogP contribution is 2.30. The first kappa shape index (κ1) is 19.2. The van der Waals surface area contributed by atoms with Gasteiger partial charge < -0.3 is 14.4 Å². The zero-order valence-corrected chi connectivity index (χ0v) is 17.1. The highest BCUT2D eigenvalue weighted by molar-refractivity contribution is 6.08. The first-order chi connectivity index (χ1) is 14.1. The van der Waals surface area contributed by atoms with Crippen LogP contribution in [-0.2, 0) is 16.1 Å². The van der Waals surface area contributed by atoms with Crippen LogP contribution in [0.2, 0.25) is 0 Å². The molecule has 2 aromatic carbocycles. The molecule has 0 unspecified atom stereocenters. The van der Waals surface area contributed by atoms with Gasteiger partial charge in [-0.1, -0.05) is 24.3 Å². The van der Waals surface area contributed by atoms with Crippen LogP contribution in [0.25, 0.3) is 27.9 Å². The first-order valence-electron chi connectivity index (χ1n) is 10.3. The monoisotopic (exact) mass is 389 g/mol. The smallest absolute Gasteiger partial charge is 0.246 e. The summed E-state index contributed by atoms with van der Waals surface area (Å²) in [4.78, 5) is 27.9. The van der Waals surface area contributed by atoms with Crippen molar-refractivity contribution in [3.05, 3.63) is 54.1 Å². The standard InChI is InChI=1S/C24H27N3O2/c1-3-27-22-8-5-4-7-20(22)21-17-19(9-11-23(21)27)10-12-24(29)26-14-6-13-25(15-16-26)18(2)28/h4-5,7-12,17H,3,6,13-16H2,1-2H3/b12-10+. The topological polar surface area (TPSA) is 45.6 Å².